The van der Waals surface area contributed by atoms with Crippen molar-refractivity contribution in [2.75, 3.05) is 0 Å². The highest BCUT2D eigenvalue weighted by Crippen LogP contribution is 2.34. The van der Waals surface area contributed by atoms with Crippen molar-refractivity contribution >= 4 is 17.3 Å². The number of hydrogen-bond acceptors (Lipinski definition) is 3. The van der Waals surface area contributed by atoms with Crippen molar-refractivity contribution in [2.24, 2.45) is 0 Å². The van der Waals surface area contributed by atoms with Crippen LogP contribution in [0.15, 0.2) is 24.3 Å². The molecule has 1 heterocycles. The van der Waals surface area contributed by atoms with Crippen LogP contribution >= 0.6 is 11.6 Å². The summed E-state index contributed by atoms with van der Waals surface area (Å²) < 4.78 is 14.8. The Morgan fingerprint density at radius 2 is 2.05 bits per heavy atom. The van der Waals surface area contributed by atoms with E-state index in [-0.39, 0.29) is 28.1 Å². The molecule has 100 valence electrons. The fourth-order valence-electron chi connectivity index (χ4n) is 1.75. The summed E-state index contributed by atoms with van der Waals surface area (Å²) in [4.78, 5) is 10.5. The Kier molecular flexibility index (Phi) is 3.53. The van der Waals surface area contributed by atoms with Crippen LogP contribution in [0.5, 0.6) is 0 Å². The number of para-hydroxylation sites is 1. The predicted molar refractivity (Wildman–Crippen MR) is 69.3 cm³/mol. The van der Waals surface area contributed by atoms with Gasteiger partial charge in [-0.15, -0.1) is 0 Å². The molecule has 0 aliphatic rings. The lowest BCUT2D eigenvalue weighted by atomic mass is 10.1. The van der Waals surface area contributed by atoms with E-state index in [1.807, 2.05) is 0 Å². The molecule has 0 atom stereocenters. The van der Waals surface area contributed by atoms with Gasteiger partial charge in [0.05, 0.1) is 4.92 Å². The largest absolute Gasteiger partial charge is 0.329 e. The minimum Gasteiger partial charge on any atom is -0.258 e. The number of aromatic nitrogens is 2. The highest BCUT2D eigenvalue weighted by molar-refractivity contribution is 6.32. The van der Waals surface area contributed by atoms with Crippen molar-refractivity contribution in [3.8, 4) is 5.69 Å². The van der Waals surface area contributed by atoms with Crippen molar-refractivity contribution in [3.05, 3.63) is 51.0 Å². The third-order valence-corrected chi connectivity index (χ3v) is 2.98. The Morgan fingerprint density at radius 3 is 2.53 bits per heavy atom. The Labute approximate surface area is 113 Å². The summed E-state index contributed by atoms with van der Waals surface area (Å²) in [6.07, 6.45) is 0. The first-order valence-electron chi connectivity index (χ1n) is 5.61. The van der Waals surface area contributed by atoms with Gasteiger partial charge in [0.25, 0.3) is 0 Å². The highest BCUT2D eigenvalue weighted by Gasteiger charge is 2.29. The van der Waals surface area contributed by atoms with E-state index in [0.717, 1.165) is 4.68 Å². The number of hydrogen-bond donors (Lipinski definition) is 0. The van der Waals surface area contributed by atoms with Crippen molar-refractivity contribution in [1.82, 2.24) is 9.78 Å². The summed E-state index contributed by atoms with van der Waals surface area (Å²) in [6.45, 7) is 3.52. The first-order chi connectivity index (χ1) is 8.93. The topological polar surface area (TPSA) is 61.0 Å². The van der Waals surface area contributed by atoms with Crippen molar-refractivity contribution in [2.45, 2.75) is 19.8 Å². The quantitative estimate of drug-likeness (QED) is 0.637. The maximum Gasteiger partial charge on any atom is 0.329 e. The SMILES string of the molecule is CC(C)c1nn(-c2ccccc2F)c(Cl)c1[N+](=O)[O-]. The van der Waals surface area contributed by atoms with E-state index in [1.165, 1.54) is 18.2 Å². The summed E-state index contributed by atoms with van der Waals surface area (Å²) in [7, 11) is 0. The average molecular weight is 284 g/mol. The van der Waals surface area contributed by atoms with Crippen LogP contribution in [-0.4, -0.2) is 14.7 Å². The van der Waals surface area contributed by atoms with Gasteiger partial charge < -0.3 is 0 Å². The summed E-state index contributed by atoms with van der Waals surface area (Å²) >= 11 is 5.97. The normalized spacial score (nSPS) is 11.0. The molecule has 5 nitrogen and oxygen atoms in total. The number of benzene rings is 1. The molecule has 0 unspecified atom stereocenters. The molecule has 0 radical (unpaired) electrons. The average Bonchev–Trinajstić information content (AvgIpc) is 2.68. The maximum absolute atomic E-state index is 13.7. The van der Waals surface area contributed by atoms with Crippen LogP contribution < -0.4 is 0 Å². The Morgan fingerprint density at radius 1 is 1.42 bits per heavy atom. The van der Waals surface area contributed by atoms with Crippen LogP contribution in [-0.2, 0) is 0 Å². The molecular weight excluding hydrogens is 273 g/mol. The number of rotatable bonds is 3. The molecule has 1 aromatic heterocycles. The Bertz CT molecular complexity index is 640. The maximum atomic E-state index is 13.7. The van der Waals surface area contributed by atoms with Gasteiger partial charge in [-0.05, 0) is 12.1 Å². The van der Waals surface area contributed by atoms with Crippen LogP contribution in [0, 0.1) is 15.9 Å². The lowest BCUT2D eigenvalue weighted by Crippen LogP contribution is -2.00. The van der Waals surface area contributed by atoms with Gasteiger partial charge >= 0.3 is 5.69 Å². The third-order valence-electron chi connectivity index (χ3n) is 2.64. The lowest BCUT2D eigenvalue weighted by Gasteiger charge is -2.03. The molecule has 0 aliphatic heterocycles. The smallest absolute Gasteiger partial charge is 0.258 e. The lowest BCUT2D eigenvalue weighted by molar-refractivity contribution is -0.385. The van der Waals surface area contributed by atoms with Gasteiger partial charge in [-0.1, -0.05) is 37.6 Å². The predicted octanol–water partition coefficient (Wildman–Crippen LogP) is 3.70. The van der Waals surface area contributed by atoms with Crippen molar-refractivity contribution in [1.29, 1.82) is 0 Å². The van der Waals surface area contributed by atoms with Crippen LogP contribution in [0.2, 0.25) is 5.15 Å². The first-order valence-corrected chi connectivity index (χ1v) is 5.99. The van der Waals surface area contributed by atoms with Crippen molar-refractivity contribution in [3.63, 3.8) is 0 Å². The van der Waals surface area contributed by atoms with E-state index in [4.69, 9.17) is 11.6 Å². The second-order valence-electron chi connectivity index (χ2n) is 4.30. The zero-order valence-corrected chi connectivity index (χ0v) is 11.1. The van der Waals surface area contributed by atoms with Gasteiger partial charge in [-0.3, -0.25) is 10.1 Å². The van der Waals surface area contributed by atoms with Crippen LogP contribution in [0.25, 0.3) is 5.69 Å². The van der Waals surface area contributed by atoms with E-state index < -0.39 is 10.7 Å². The first kappa shape index (κ1) is 13.5. The molecule has 0 bridgehead atoms. The summed E-state index contributed by atoms with van der Waals surface area (Å²) in [5.74, 6) is -0.733. The molecular formula is C12H11ClFN3O2. The molecule has 0 saturated heterocycles. The molecule has 0 amide bonds. The van der Waals surface area contributed by atoms with Gasteiger partial charge in [0.1, 0.15) is 17.2 Å². The van der Waals surface area contributed by atoms with E-state index in [2.05, 4.69) is 5.10 Å². The Hall–Kier alpha value is -1.95. The minimum atomic E-state index is -0.595. The highest BCUT2D eigenvalue weighted by atomic mass is 35.5. The summed E-state index contributed by atoms with van der Waals surface area (Å²) in [5, 5.41) is 14.9. The summed E-state index contributed by atoms with van der Waals surface area (Å²) in [5.41, 5.74) is 0.0423. The molecule has 1 aromatic carbocycles. The monoisotopic (exact) mass is 283 g/mol. The third kappa shape index (κ3) is 2.31. The molecule has 0 aliphatic carbocycles. The van der Waals surface area contributed by atoms with E-state index >= 15 is 0 Å². The van der Waals surface area contributed by atoms with Gasteiger partial charge in [-0.25, -0.2) is 9.07 Å². The zero-order chi connectivity index (χ0) is 14.2. The molecule has 7 heteroatoms. The minimum absolute atomic E-state index is 0.0856. The fraction of sp³-hybridized carbons (Fsp3) is 0.250. The van der Waals surface area contributed by atoms with Gasteiger partial charge in [0, 0.05) is 5.92 Å². The van der Waals surface area contributed by atoms with Crippen molar-refractivity contribution < 1.29 is 9.31 Å². The van der Waals surface area contributed by atoms with E-state index in [9.17, 15) is 14.5 Å². The number of nitrogens with zero attached hydrogens (tertiary/aromatic N) is 3. The number of nitro groups is 1. The Balaban J connectivity index is 2.70. The standard InChI is InChI=1S/C12H11ClFN3O2/c1-7(2)10-11(17(18)19)12(13)16(15-10)9-6-4-3-5-8(9)14/h3-7H,1-2H3. The van der Waals surface area contributed by atoms with E-state index in [0.29, 0.717) is 0 Å². The van der Waals surface area contributed by atoms with Gasteiger partial charge in [-0.2, -0.15) is 5.10 Å². The van der Waals surface area contributed by atoms with Crippen LogP contribution in [0.1, 0.15) is 25.5 Å². The van der Waals surface area contributed by atoms with Crippen LogP contribution in [0.3, 0.4) is 0 Å². The molecule has 19 heavy (non-hydrogen) atoms. The molecule has 2 rings (SSSR count). The summed E-state index contributed by atoms with van der Waals surface area (Å²) in [6, 6.07) is 5.83. The second kappa shape index (κ2) is 4.97. The van der Waals surface area contributed by atoms with Gasteiger partial charge in [0.15, 0.2) is 0 Å². The fourth-order valence-corrected chi connectivity index (χ4v) is 2.04. The van der Waals surface area contributed by atoms with Gasteiger partial charge in [0.2, 0.25) is 5.15 Å². The molecule has 0 N–H and O–H groups in total. The van der Waals surface area contributed by atoms with E-state index in [1.54, 1.807) is 19.9 Å². The molecule has 2 aromatic rings. The zero-order valence-electron chi connectivity index (χ0n) is 10.3. The number of halogens is 2. The second-order valence-corrected chi connectivity index (χ2v) is 4.66. The molecule has 0 fully saturated rings. The molecule has 0 spiro atoms. The molecule has 0 saturated carbocycles. The van der Waals surface area contributed by atoms with Crippen LogP contribution in [0.4, 0.5) is 10.1 Å².